The smallest absolute Gasteiger partial charge is 0.348 e. The minimum absolute atomic E-state index is 0.0678. The molecule has 94 valence electrons. The van der Waals surface area contributed by atoms with E-state index in [4.69, 9.17) is 0 Å². The first kappa shape index (κ1) is 12.7. The van der Waals surface area contributed by atoms with Crippen LogP contribution in [0, 0.1) is 0 Å². The van der Waals surface area contributed by atoms with Crippen molar-refractivity contribution in [1.29, 1.82) is 0 Å². The summed E-state index contributed by atoms with van der Waals surface area (Å²) in [5.74, 6) is 0.403. The van der Waals surface area contributed by atoms with Gasteiger partial charge in [-0.25, -0.2) is 4.57 Å². The summed E-state index contributed by atoms with van der Waals surface area (Å²) in [5.41, 5.74) is 1.25. The van der Waals surface area contributed by atoms with Gasteiger partial charge in [-0.1, -0.05) is 32.1 Å². The summed E-state index contributed by atoms with van der Waals surface area (Å²) >= 11 is 0.863. The van der Waals surface area contributed by atoms with Crippen LogP contribution in [0.25, 0.3) is 5.82 Å². The zero-order valence-electron chi connectivity index (χ0n) is 10.5. The van der Waals surface area contributed by atoms with Gasteiger partial charge in [0, 0.05) is 0 Å². The molecule has 0 unspecified atom stereocenters. The summed E-state index contributed by atoms with van der Waals surface area (Å²) in [5, 5.41) is 10.9. The van der Waals surface area contributed by atoms with Crippen LogP contribution < -0.4 is 9.67 Å². The summed E-state index contributed by atoms with van der Waals surface area (Å²) in [4.78, 5) is 15.1. The van der Waals surface area contributed by atoms with E-state index in [0.29, 0.717) is 17.0 Å². The molecule has 0 N–H and O–H groups in total. The molecule has 0 bridgehead atoms. The van der Waals surface area contributed by atoms with E-state index in [1.165, 1.54) is 5.56 Å². The lowest BCUT2D eigenvalue weighted by atomic mass is 9.88. The highest BCUT2D eigenvalue weighted by Crippen LogP contribution is 2.22. The number of thiazole rings is 1. The Morgan fingerprint density at radius 1 is 1.33 bits per heavy atom. The van der Waals surface area contributed by atoms with Crippen LogP contribution in [0.15, 0.2) is 24.5 Å². The predicted octanol–water partition coefficient (Wildman–Crippen LogP) is 1.60. The highest BCUT2D eigenvalue weighted by Gasteiger charge is 2.19. The number of rotatable bonds is 2. The second-order valence-electron chi connectivity index (χ2n) is 5.03. The summed E-state index contributed by atoms with van der Waals surface area (Å²) in [7, 11) is 0. The fourth-order valence-corrected chi connectivity index (χ4v) is 2.24. The molecule has 0 atom stereocenters. The molecule has 2 rings (SSSR count). The first-order valence-electron chi connectivity index (χ1n) is 5.57. The van der Waals surface area contributed by atoms with E-state index in [0.717, 1.165) is 11.3 Å². The molecular weight excluding hydrogens is 248 g/mol. The lowest BCUT2D eigenvalue weighted by Crippen LogP contribution is -2.32. The van der Waals surface area contributed by atoms with Crippen molar-refractivity contribution < 1.29 is 14.5 Å². The van der Waals surface area contributed by atoms with Crippen molar-refractivity contribution in [3.05, 3.63) is 35.0 Å². The van der Waals surface area contributed by atoms with Gasteiger partial charge in [-0.05, 0) is 28.1 Å². The van der Waals surface area contributed by atoms with Crippen molar-refractivity contribution in [2.45, 2.75) is 26.2 Å². The molecule has 0 spiro atoms. The normalized spacial score (nSPS) is 11.5. The lowest BCUT2D eigenvalue weighted by Gasteiger charge is -2.18. The van der Waals surface area contributed by atoms with Gasteiger partial charge in [0.1, 0.15) is 0 Å². The van der Waals surface area contributed by atoms with E-state index >= 15 is 0 Å². The molecule has 0 saturated heterocycles. The fourth-order valence-electron chi connectivity index (χ4n) is 1.63. The summed E-state index contributed by atoms with van der Waals surface area (Å²) in [6, 6.07) is 3.94. The van der Waals surface area contributed by atoms with E-state index < -0.39 is 0 Å². The molecule has 18 heavy (non-hydrogen) atoms. The Labute approximate surface area is 110 Å². The number of aldehydes is 1. The van der Waals surface area contributed by atoms with Crippen molar-refractivity contribution in [2.75, 3.05) is 0 Å². The van der Waals surface area contributed by atoms with Crippen molar-refractivity contribution in [1.82, 2.24) is 4.98 Å². The van der Waals surface area contributed by atoms with Crippen LogP contribution in [-0.4, -0.2) is 11.3 Å². The Balaban J connectivity index is 2.43. The first-order valence-corrected chi connectivity index (χ1v) is 6.38. The zero-order chi connectivity index (χ0) is 13.3. The second kappa shape index (κ2) is 4.49. The molecule has 5 heteroatoms. The molecule has 0 amide bonds. The third kappa shape index (κ3) is 2.41. The quantitative estimate of drug-likeness (QED) is 0.610. The lowest BCUT2D eigenvalue weighted by molar-refractivity contribution is -0.599. The third-order valence-corrected chi connectivity index (χ3v) is 3.43. The Kier molecular flexibility index (Phi) is 3.17. The zero-order valence-corrected chi connectivity index (χ0v) is 11.3. The predicted molar refractivity (Wildman–Crippen MR) is 67.2 cm³/mol. The van der Waals surface area contributed by atoms with Crippen LogP contribution in [0.1, 0.15) is 36.0 Å². The van der Waals surface area contributed by atoms with Crippen molar-refractivity contribution in [3.63, 3.8) is 0 Å². The average Bonchev–Trinajstić information content (AvgIpc) is 2.69. The number of nitrogens with zero attached hydrogens (tertiary/aromatic N) is 2. The molecular formula is C13H14N2O2S. The van der Waals surface area contributed by atoms with E-state index in [1.54, 1.807) is 4.57 Å². The highest BCUT2D eigenvalue weighted by molar-refractivity contribution is 7.15. The molecule has 2 aromatic heterocycles. The van der Waals surface area contributed by atoms with E-state index in [2.05, 4.69) is 25.8 Å². The maximum Gasteiger partial charge on any atom is 0.348 e. The van der Waals surface area contributed by atoms with E-state index in [1.807, 2.05) is 24.5 Å². The van der Waals surface area contributed by atoms with Gasteiger partial charge in [0.05, 0.1) is 12.4 Å². The molecule has 0 aliphatic rings. The molecule has 2 heterocycles. The summed E-state index contributed by atoms with van der Waals surface area (Å²) in [6.07, 6.45) is 4.31. The van der Waals surface area contributed by atoms with Crippen LogP contribution in [0.2, 0.25) is 0 Å². The molecule has 0 fully saturated rings. The average molecular weight is 262 g/mol. The van der Waals surface area contributed by atoms with Crippen molar-refractivity contribution >= 4 is 17.6 Å². The van der Waals surface area contributed by atoms with Crippen molar-refractivity contribution in [3.8, 4) is 11.0 Å². The van der Waals surface area contributed by atoms with E-state index in [-0.39, 0.29) is 10.6 Å². The number of carbonyl (C=O) groups is 1. The van der Waals surface area contributed by atoms with Crippen LogP contribution in [0.4, 0.5) is 0 Å². The van der Waals surface area contributed by atoms with Gasteiger partial charge in [0.25, 0.3) is 0 Å². The first-order chi connectivity index (χ1) is 8.41. The number of hydrogen-bond donors (Lipinski definition) is 0. The SMILES string of the molecule is CC(C)(C)c1cc[n+](-c2nc([O-])sc2C=O)cc1. The van der Waals surface area contributed by atoms with Crippen LogP contribution >= 0.6 is 11.3 Å². The maximum absolute atomic E-state index is 11.2. The summed E-state index contributed by atoms with van der Waals surface area (Å²) in [6.45, 7) is 6.38. The van der Waals surface area contributed by atoms with Gasteiger partial charge < -0.3 is 5.11 Å². The van der Waals surface area contributed by atoms with Gasteiger partial charge in [-0.3, -0.25) is 4.79 Å². The molecule has 0 aliphatic heterocycles. The summed E-state index contributed by atoms with van der Waals surface area (Å²) < 4.78 is 1.69. The number of hydrogen-bond acceptors (Lipinski definition) is 4. The van der Waals surface area contributed by atoms with Gasteiger partial charge in [-0.2, -0.15) is 0 Å². The Morgan fingerprint density at radius 2 is 1.94 bits per heavy atom. The fraction of sp³-hybridized carbons (Fsp3) is 0.308. The van der Waals surface area contributed by atoms with Gasteiger partial charge in [0.2, 0.25) is 0 Å². The molecule has 2 aromatic rings. The highest BCUT2D eigenvalue weighted by atomic mass is 32.1. The van der Waals surface area contributed by atoms with Crippen LogP contribution in [-0.2, 0) is 5.41 Å². The van der Waals surface area contributed by atoms with Gasteiger partial charge >= 0.3 is 5.82 Å². The van der Waals surface area contributed by atoms with Crippen LogP contribution in [0.3, 0.4) is 0 Å². The number of aromatic nitrogens is 2. The number of pyridine rings is 1. The van der Waals surface area contributed by atoms with Gasteiger partial charge in [0.15, 0.2) is 16.4 Å². The molecule has 0 aromatic carbocycles. The standard InChI is InChI=1S/C13H14N2O2S/c1-13(2,3)9-4-6-15(7-5-9)11-10(8-16)18-12(17)14-11/h4-8H,1-3H3. The minimum Gasteiger partial charge on any atom is -0.831 e. The molecule has 4 nitrogen and oxygen atoms in total. The number of carbonyl (C=O) groups excluding carboxylic acids is 1. The molecule has 0 saturated carbocycles. The van der Waals surface area contributed by atoms with Crippen LogP contribution in [0.5, 0.6) is 5.19 Å². The molecule has 0 radical (unpaired) electrons. The third-order valence-electron chi connectivity index (χ3n) is 2.66. The Bertz CT molecular complexity index is 568. The van der Waals surface area contributed by atoms with E-state index in [9.17, 15) is 9.90 Å². The largest absolute Gasteiger partial charge is 0.831 e. The topological polar surface area (TPSA) is 56.9 Å². The van der Waals surface area contributed by atoms with Crippen molar-refractivity contribution in [2.24, 2.45) is 0 Å². The maximum atomic E-state index is 11.2. The van der Waals surface area contributed by atoms with Gasteiger partial charge in [-0.15, -0.1) is 0 Å². The minimum atomic E-state index is -0.348. The second-order valence-corrected chi connectivity index (χ2v) is 6.02. The Morgan fingerprint density at radius 3 is 2.44 bits per heavy atom. The Hall–Kier alpha value is -1.75. The molecule has 0 aliphatic carbocycles. The monoisotopic (exact) mass is 262 g/mol.